The van der Waals surface area contributed by atoms with Gasteiger partial charge in [0.15, 0.2) is 0 Å². The van der Waals surface area contributed by atoms with E-state index in [1.165, 1.54) is 51.4 Å². The van der Waals surface area contributed by atoms with Gasteiger partial charge >= 0.3 is 0 Å². The van der Waals surface area contributed by atoms with E-state index in [1.807, 2.05) is 19.6 Å². The Kier molecular flexibility index (Phi) is 4.73. The largest absolute Gasteiger partial charge is 0.455 e. The van der Waals surface area contributed by atoms with Gasteiger partial charge in [-0.25, -0.2) is 4.57 Å². The van der Waals surface area contributed by atoms with E-state index in [1.54, 1.807) is 0 Å². The number of para-hydroxylation sites is 1. The molecule has 0 spiro atoms. The molecule has 3 nitrogen and oxygen atoms in total. The van der Waals surface area contributed by atoms with E-state index in [9.17, 15) is 0 Å². The first-order chi connectivity index (χ1) is 16.7. The van der Waals surface area contributed by atoms with Gasteiger partial charge in [-0.05, 0) is 65.0 Å². The molecule has 0 aliphatic heterocycles. The third kappa shape index (κ3) is 3.40. The number of aryl methyl sites for hydroxylation is 2. The third-order valence-corrected chi connectivity index (χ3v) is 8.22. The molecule has 5 aromatic rings. The van der Waals surface area contributed by atoms with Crippen LogP contribution >= 0.6 is 0 Å². The molecule has 2 aromatic heterocycles. The van der Waals surface area contributed by atoms with Crippen LogP contribution in [-0.2, 0) is 17.9 Å². The van der Waals surface area contributed by atoms with Gasteiger partial charge in [0.1, 0.15) is 23.1 Å². The summed E-state index contributed by atoms with van der Waals surface area (Å²) in [6.45, 7) is 11.7. The molecule has 0 saturated carbocycles. The van der Waals surface area contributed by atoms with Gasteiger partial charge in [0, 0.05) is 28.0 Å². The van der Waals surface area contributed by atoms with Gasteiger partial charge in [0.25, 0.3) is 6.33 Å². The van der Waals surface area contributed by atoms with E-state index >= 15 is 0 Å². The lowest BCUT2D eigenvalue weighted by Crippen LogP contribution is -2.33. The lowest BCUT2D eigenvalue weighted by molar-refractivity contribution is -0.663. The van der Waals surface area contributed by atoms with Crippen LogP contribution < -0.4 is 4.57 Å². The maximum absolute atomic E-state index is 6.61. The summed E-state index contributed by atoms with van der Waals surface area (Å²) in [7, 11) is 2.03. The number of hydrogen-bond donors (Lipinski definition) is 0. The fraction of sp³-hybridized carbons (Fsp3) is 0.312. The van der Waals surface area contributed by atoms with Crippen LogP contribution in [-0.4, -0.2) is 4.98 Å². The highest BCUT2D eigenvalue weighted by Crippen LogP contribution is 2.47. The number of hydrogen-bond acceptors (Lipinski definition) is 2. The first-order valence-electron chi connectivity index (χ1n) is 12.6. The first kappa shape index (κ1) is 22.0. The fourth-order valence-corrected chi connectivity index (χ4v) is 5.92. The summed E-state index contributed by atoms with van der Waals surface area (Å²) in [5.41, 5.74) is 11.1. The number of rotatable bonds is 2. The van der Waals surface area contributed by atoms with E-state index in [0.29, 0.717) is 0 Å². The van der Waals surface area contributed by atoms with Crippen molar-refractivity contribution in [3.63, 3.8) is 0 Å². The topological polar surface area (TPSA) is 29.9 Å². The molecule has 3 aromatic carbocycles. The quantitative estimate of drug-likeness (QED) is 0.251. The number of nitrogens with zero attached hydrogens (tertiary/aromatic N) is 2. The minimum absolute atomic E-state index is 0.175. The molecule has 1 aliphatic carbocycles. The average Bonchev–Trinajstić information content (AvgIpc) is 3.19. The molecule has 1 aliphatic rings. The Labute approximate surface area is 207 Å². The van der Waals surface area contributed by atoms with Gasteiger partial charge in [-0.1, -0.05) is 69.1 Å². The highest BCUT2D eigenvalue weighted by atomic mass is 16.3. The monoisotopic (exact) mass is 461 g/mol. The van der Waals surface area contributed by atoms with Crippen molar-refractivity contribution in [2.24, 2.45) is 7.05 Å². The zero-order valence-electron chi connectivity index (χ0n) is 21.6. The van der Waals surface area contributed by atoms with Gasteiger partial charge in [0.2, 0.25) is 0 Å². The zero-order valence-corrected chi connectivity index (χ0v) is 21.6. The number of fused-ring (bicyclic) bond motifs is 4. The van der Waals surface area contributed by atoms with Crippen LogP contribution in [0.15, 0.2) is 71.5 Å². The van der Waals surface area contributed by atoms with Gasteiger partial charge < -0.3 is 4.42 Å². The molecule has 35 heavy (non-hydrogen) atoms. The highest BCUT2D eigenvalue weighted by Gasteiger charge is 2.37. The first-order valence-corrected chi connectivity index (χ1v) is 12.6. The summed E-state index contributed by atoms with van der Waals surface area (Å²) < 4.78 is 8.66. The molecular weight excluding hydrogens is 428 g/mol. The van der Waals surface area contributed by atoms with Crippen molar-refractivity contribution in [1.82, 2.24) is 4.98 Å². The van der Waals surface area contributed by atoms with Crippen LogP contribution in [0.4, 0.5) is 0 Å². The molecule has 0 amide bonds. The third-order valence-electron chi connectivity index (χ3n) is 8.22. The van der Waals surface area contributed by atoms with E-state index in [4.69, 9.17) is 4.42 Å². The minimum atomic E-state index is 0.175. The van der Waals surface area contributed by atoms with E-state index in [-0.39, 0.29) is 10.8 Å². The summed E-state index contributed by atoms with van der Waals surface area (Å²) in [6, 6.07) is 20.1. The van der Waals surface area contributed by atoms with Crippen molar-refractivity contribution in [3.05, 3.63) is 83.8 Å². The number of benzene rings is 3. The Morgan fingerprint density at radius 3 is 2.37 bits per heavy atom. The van der Waals surface area contributed by atoms with Crippen molar-refractivity contribution in [3.8, 4) is 22.4 Å². The summed E-state index contributed by atoms with van der Waals surface area (Å²) in [5.74, 6) is 0. The summed E-state index contributed by atoms with van der Waals surface area (Å²) in [4.78, 5) is 4.23. The number of aromatic nitrogens is 2. The van der Waals surface area contributed by atoms with Crippen LogP contribution in [0.3, 0.4) is 0 Å². The van der Waals surface area contributed by atoms with Gasteiger partial charge in [0.05, 0.1) is 7.05 Å². The SMILES string of the molecule is Cc1cc2c(cc1-c1ccnc[n+]1C)oc1c(-c3ccc4c(c3)C(C)(C)CCC4(C)C)cccc12. The fourth-order valence-electron chi connectivity index (χ4n) is 5.92. The Bertz CT molecular complexity index is 1620. The molecule has 3 heteroatoms. The van der Waals surface area contributed by atoms with Crippen LogP contribution in [0.25, 0.3) is 44.3 Å². The minimum Gasteiger partial charge on any atom is -0.455 e. The smallest absolute Gasteiger partial charge is 0.286 e. The molecule has 0 atom stereocenters. The normalized spacial score (nSPS) is 16.5. The van der Waals surface area contributed by atoms with E-state index in [0.717, 1.165) is 22.4 Å². The molecule has 0 bridgehead atoms. The highest BCUT2D eigenvalue weighted by molar-refractivity contribution is 6.10. The molecule has 6 rings (SSSR count). The van der Waals surface area contributed by atoms with Gasteiger partial charge in [-0.2, -0.15) is 0 Å². The maximum Gasteiger partial charge on any atom is 0.286 e. The van der Waals surface area contributed by atoms with Crippen LogP contribution in [0.2, 0.25) is 0 Å². The zero-order chi connectivity index (χ0) is 24.5. The molecular formula is C32H33N2O+. The second-order valence-corrected chi connectivity index (χ2v) is 11.6. The lowest BCUT2D eigenvalue weighted by atomic mass is 9.63. The summed E-state index contributed by atoms with van der Waals surface area (Å²) in [6.07, 6.45) is 6.12. The second-order valence-electron chi connectivity index (χ2n) is 11.6. The molecule has 0 N–H and O–H groups in total. The van der Waals surface area contributed by atoms with Gasteiger partial charge in [-0.3, -0.25) is 0 Å². The molecule has 0 radical (unpaired) electrons. The predicted octanol–water partition coefficient (Wildman–Crippen LogP) is 7.80. The second kappa shape index (κ2) is 7.52. The van der Waals surface area contributed by atoms with Crippen molar-refractivity contribution in [2.75, 3.05) is 0 Å². The van der Waals surface area contributed by atoms with Crippen molar-refractivity contribution in [1.29, 1.82) is 0 Å². The lowest BCUT2D eigenvalue weighted by Gasteiger charge is -2.42. The Hall–Kier alpha value is -3.46. The van der Waals surface area contributed by atoms with Gasteiger partial charge in [-0.15, -0.1) is 0 Å². The van der Waals surface area contributed by atoms with Crippen LogP contribution in [0.5, 0.6) is 0 Å². The average molecular weight is 462 g/mol. The van der Waals surface area contributed by atoms with Crippen molar-refractivity contribution >= 4 is 21.9 Å². The molecule has 176 valence electrons. The van der Waals surface area contributed by atoms with Crippen LogP contribution in [0, 0.1) is 6.92 Å². The predicted molar refractivity (Wildman–Crippen MR) is 144 cm³/mol. The molecule has 0 fully saturated rings. The maximum atomic E-state index is 6.61. The van der Waals surface area contributed by atoms with E-state index < -0.39 is 0 Å². The Morgan fingerprint density at radius 1 is 0.829 bits per heavy atom. The molecule has 0 unspecified atom stereocenters. The van der Waals surface area contributed by atoms with E-state index in [2.05, 4.69) is 98.8 Å². The summed E-state index contributed by atoms with van der Waals surface area (Å²) in [5, 5.41) is 2.34. The number of furan rings is 1. The van der Waals surface area contributed by atoms with Crippen LogP contribution in [0.1, 0.15) is 57.2 Å². The summed E-state index contributed by atoms with van der Waals surface area (Å²) >= 11 is 0. The molecule has 2 heterocycles. The Morgan fingerprint density at radius 2 is 1.60 bits per heavy atom. The van der Waals surface area contributed by atoms with Crippen molar-refractivity contribution < 1.29 is 8.98 Å². The molecule has 0 saturated heterocycles. The van der Waals surface area contributed by atoms with Crippen molar-refractivity contribution in [2.45, 2.75) is 58.3 Å². The standard InChI is InChI=1S/C32H33N2O/c1-20-16-25-23-9-7-8-22(21-10-11-26-27(17-21)32(4,5)14-13-31(26,2)3)30(23)35-29(25)18-24(20)28-12-15-33-19-34(28)6/h7-12,15-19H,13-14H2,1-6H3/q+1. The Balaban J connectivity index is 1.56.